The molecule has 0 saturated carbocycles. The van der Waals surface area contributed by atoms with Gasteiger partial charge in [-0.25, -0.2) is 9.37 Å². The highest BCUT2D eigenvalue weighted by Crippen LogP contribution is 2.30. The van der Waals surface area contributed by atoms with E-state index in [4.69, 9.17) is 5.73 Å². The molecule has 2 heterocycles. The number of hydrogen-bond donors (Lipinski definition) is 2. The number of halogens is 4. The number of carbonyl (C=O) groups excluding carboxylic acids is 1. The summed E-state index contributed by atoms with van der Waals surface area (Å²) >= 11 is 0. The van der Waals surface area contributed by atoms with Crippen LogP contribution in [-0.2, 0) is 6.54 Å². The molecule has 0 spiro atoms. The normalized spacial score (nSPS) is 19.9. The summed E-state index contributed by atoms with van der Waals surface area (Å²) in [6.07, 6.45) is -4.32. The lowest BCUT2D eigenvalue weighted by Gasteiger charge is -2.39. The van der Waals surface area contributed by atoms with Crippen molar-refractivity contribution < 1.29 is 22.4 Å². The molecule has 1 aromatic heterocycles. The third-order valence-electron chi connectivity index (χ3n) is 5.76. The molecular weight excluding hydrogens is 424 g/mol. The van der Waals surface area contributed by atoms with E-state index in [0.29, 0.717) is 23.2 Å². The molecule has 1 aliphatic heterocycles. The van der Waals surface area contributed by atoms with Crippen LogP contribution >= 0.6 is 0 Å². The van der Waals surface area contributed by atoms with Gasteiger partial charge in [-0.2, -0.15) is 13.2 Å². The highest BCUT2D eigenvalue weighted by molar-refractivity contribution is 6.00. The third kappa shape index (κ3) is 4.58. The summed E-state index contributed by atoms with van der Waals surface area (Å²) in [5.74, 6) is -1.09. The Kier molecular flexibility index (Phi) is 5.87. The van der Waals surface area contributed by atoms with Crippen LogP contribution in [0.15, 0.2) is 48.5 Å². The summed E-state index contributed by atoms with van der Waals surface area (Å²) in [7, 11) is 0. The zero-order valence-corrected chi connectivity index (χ0v) is 17.3. The van der Waals surface area contributed by atoms with E-state index >= 15 is 0 Å². The van der Waals surface area contributed by atoms with Gasteiger partial charge in [0, 0.05) is 31.1 Å². The quantitative estimate of drug-likeness (QED) is 0.597. The van der Waals surface area contributed by atoms with E-state index in [1.165, 1.54) is 12.1 Å². The van der Waals surface area contributed by atoms with Crippen LogP contribution in [-0.4, -0.2) is 47.1 Å². The predicted molar refractivity (Wildman–Crippen MR) is 113 cm³/mol. The van der Waals surface area contributed by atoms with Gasteiger partial charge in [0.15, 0.2) is 0 Å². The molecule has 3 N–H and O–H groups in total. The van der Waals surface area contributed by atoms with Gasteiger partial charge in [-0.3, -0.25) is 9.69 Å². The van der Waals surface area contributed by atoms with Gasteiger partial charge in [0.2, 0.25) is 0 Å². The minimum absolute atomic E-state index is 0.0571. The minimum atomic E-state index is -4.32. The first-order valence-corrected chi connectivity index (χ1v) is 10.2. The van der Waals surface area contributed by atoms with Gasteiger partial charge < -0.3 is 11.1 Å². The van der Waals surface area contributed by atoms with Gasteiger partial charge in [-0.1, -0.05) is 24.3 Å². The standard InChI is InChI=1S/C23H22F4N4O/c1-13-10-29-21(23(25,26)27)12-31(13)11-14-2-7-17-18(15-3-5-16(24)6-4-15)9-20(22(28)32)30-19(17)8-14/h2-9,13,21,29H,10-12H2,1H3,(H2,28,32)/t13-,21?/m0/s1. The fourth-order valence-electron chi connectivity index (χ4n) is 3.96. The molecule has 4 rings (SSSR count). The average Bonchev–Trinajstić information content (AvgIpc) is 2.74. The first-order valence-electron chi connectivity index (χ1n) is 10.2. The number of fused-ring (bicyclic) bond motifs is 1. The molecule has 0 bridgehead atoms. The number of amides is 1. The number of piperazine rings is 1. The van der Waals surface area contributed by atoms with Crippen molar-refractivity contribution in [1.82, 2.24) is 15.2 Å². The highest BCUT2D eigenvalue weighted by atomic mass is 19.4. The fourth-order valence-corrected chi connectivity index (χ4v) is 3.96. The topological polar surface area (TPSA) is 71.2 Å². The SMILES string of the molecule is C[C@H]1CNC(C(F)(F)F)CN1Cc1ccc2c(-c3ccc(F)cc3)cc(C(N)=O)nc2c1. The van der Waals surface area contributed by atoms with Crippen LogP contribution in [0.25, 0.3) is 22.0 Å². The van der Waals surface area contributed by atoms with E-state index in [1.54, 1.807) is 29.2 Å². The van der Waals surface area contributed by atoms with E-state index in [0.717, 1.165) is 10.9 Å². The summed E-state index contributed by atoms with van der Waals surface area (Å²) < 4.78 is 52.9. The summed E-state index contributed by atoms with van der Waals surface area (Å²) in [6.45, 7) is 2.26. The second kappa shape index (κ2) is 8.48. The molecule has 1 aliphatic rings. The van der Waals surface area contributed by atoms with Crippen molar-refractivity contribution >= 4 is 16.8 Å². The minimum Gasteiger partial charge on any atom is -0.364 e. The van der Waals surface area contributed by atoms with E-state index in [9.17, 15) is 22.4 Å². The second-order valence-corrected chi connectivity index (χ2v) is 8.06. The Morgan fingerprint density at radius 2 is 1.91 bits per heavy atom. The molecule has 1 unspecified atom stereocenters. The number of pyridine rings is 1. The van der Waals surface area contributed by atoms with Gasteiger partial charge in [0.25, 0.3) is 5.91 Å². The zero-order chi connectivity index (χ0) is 23.0. The molecule has 3 aromatic rings. The van der Waals surface area contributed by atoms with Crippen molar-refractivity contribution in [2.75, 3.05) is 13.1 Å². The van der Waals surface area contributed by atoms with Gasteiger partial charge in [0.1, 0.15) is 17.6 Å². The van der Waals surface area contributed by atoms with Crippen molar-refractivity contribution in [2.45, 2.75) is 31.7 Å². The van der Waals surface area contributed by atoms with E-state index in [1.807, 2.05) is 19.1 Å². The first-order chi connectivity index (χ1) is 15.1. The van der Waals surface area contributed by atoms with Crippen LogP contribution in [0.3, 0.4) is 0 Å². The van der Waals surface area contributed by atoms with Gasteiger partial charge in [0.05, 0.1) is 5.52 Å². The number of nitrogens with one attached hydrogen (secondary N) is 1. The average molecular weight is 446 g/mol. The number of nitrogens with two attached hydrogens (primary N) is 1. The maximum atomic E-state index is 13.4. The number of carbonyl (C=O) groups is 1. The number of nitrogens with zero attached hydrogens (tertiary/aromatic N) is 2. The van der Waals surface area contributed by atoms with Crippen LogP contribution < -0.4 is 11.1 Å². The molecule has 0 radical (unpaired) electrons. The lowest BCUT2D eigenvalue weighted by Crippen LogP contribution is -2.60. The lowest BCUT2D eigenvalue weighted by molar-refractivity contribution is -0.168. The molecule has 0 aliphatic carbocycles. The van der Waals surface area contributed by atoms with Crippen LogP contribution in [0.2, 0.25) is 0 Å². The van der Waals surface area contributed by atoms with Crippen molar-refractivity contribution in [3.63, 3.8) is 0 Å². The smallest absolute Gasteiger partial charge is 0.364 e. The molecule has 5 nitrogen and oxygen atoms in total. The number of benzene rings is 2. The summed E-state index contributed by atoms with van der Waals surface area (Å²) in [5.41, 5.74) is 8.14. The third-order valence-corrected chi connectivity index (χ3v) is 5.76. The largest absolute Gasteiger partial charge is 0.405 e. The Morgan fingerprint density at radius 1 is 1.19 bits per heavy atom. The second-order valence-electron chi connectivity index (χ2n) is 8.06. The van der Waals surface area contributed by atoms with Crippen LogP contribution in [0.1, 0.15) is 23.0 Å². The van der Waals surface area contributed by atoms with Crippen molar-refractivity contribution in [2.24, 2.45) is 5.73 Å². The highest BCUT2D eigenvalue weighted by Gasteiger charge is 2.43. The summed E-state index contributed by atoms with van der Waals surface area (Å²) in [6, 6.07) is 11.1. The van der Waals surface area contributed by atoms with E-state index < -0.39 is 18.1 Å². The Hall–Kier alpha value is -3.04. The van der Waals surface area contributed by atoms with Gasteiger partial charge in [-0.15, -0.1) is 0 Å². The van der Waals surface area contributed by atoms with Crippen LogP contribution in [0.5, 0.6) is 0 Å². The number of aromatic nitrogens is 1. The fraction of sp³-hybridized carbons (Fsp3) is 0.304. The Bertz CT molecular complexity index is 1150. The van der Waals surface area contributed by atoms with Crippen molar-refractivity contribution in [3.05, 3.63) is 65.6 Å². The molecule has 1 fully saturated rings. The molecule has 168 valence electrons. The van der Waals surface area contributed by atoms with Crippen molar-refractivity contribution in [3.8, 4) is 11.1 Å². The molecule has 9 heteroatoms. The number of primary amides is 1. The molecule has 2 atom stereocenters. The first kappa shape index (κ1) is 22.2. The number of alkyl halides is 3. The maximum Gasteiger partial charge on any atom is 0.405 e. The lowest BCUT2D eigenvalue weighted by atomic mass is 9.98. The molecular formula is C23H22F4N4O. The predicted octanol–water partition coefficient (Wildman–Crippen LogP) is 3.86. The molecule has 1 amide bonds. The van der Waals surface area contributed by atoms with Gasteiger partial charge >= 0.3 is 6.18 Å². The number of rotatable bonds is 4. The van der Waals surface area contributed by atoms with Gasteiger partial charge in [-0.05, 0) is 47.9 Å². The van der Waals surface area contributed by atoms with Crippen LogP contribution in [0.4, 0.5) is 17.6 Å². The Morgan fingerprint density at radius 3 is 2.56 bits per heavy atom. The molecule has 1 saturated heterocycles. The van der Waals surface area contributed by atoms with Crippen LogP contribution in [0, 0.1) is 5.82 Å². The summed E-state index contributed by atoms with van der Waals surface area (Å²) in [5, 5.41) is 3.28. The zero-order valence-electron chi connectivity index (χ0n) is 17.3. The monoisotopic (exact) mass is 446 g/mol. The molecule has 2 aromatic carbocycles. The molecule has 32 heavy (non-hydrogen) atoms. The Labute approximate surface area is 182 Å². The maximum absolute atomic E-state index is 13.4. The van der Waals surface area contributed by atoms with E-state index in [2.05, 4.69) is 10.3 Å². The van der Waals surface area contributed by atoms with Crippen molar-refractivity contribution in [1.29, 1.82) is 0 Å². The summed E-state index contributed by atoms with van der Waals surface area (Å²) in [4.78, 5) is 18.0. The Balaban J connectivity index is 1.70. The number of hydrogen-bond acceptors (Lipinski definition) is 4. The van der Waals surface area contributed by atoms with E-state index in [-0.39, 0.29) is 30.6 Å².